The number of furan rings is 1. The number of hydrogen-bond acceptors (Lipinski definition) is 3. The minimum absolute atomic E-state index is 0. The molecule has 0 fully saturated rings. The maximum atomic E-state index is 5.97. The molecule has 0 atom stereocenters. The molecule has 6 rings (SSSR count). The average Bonchev–Trinajstić information content (AvgIpc) is 3.12. The van der Waals surface area contributed by atoms with Crippen molar-refractivity contribution in [3.63, 3.8) is 0 Å². The van der Waals surface area contributed by atoms with Gasteiger partial charge in [-0.3, -0.25) is 0 Å². The summed E-state index contributed by atoms with van der Waals surface area (Å²) in [7, 11) is 0. The maximum Gasteiger partial charge on any atom is 0.227 e. The zero-order valence-corrected chi connectivity index (χ0v) is 17.0. The van der Waals surface area contributed by atoms with Crippen molar-refractivity contribution in [2.45, 2.75) is 0 Å². The van der Waals surface area contributed by atoms with Crippen molar-refractivity contribution in [2.24, 2.45) is 0 Å². The molecule has 0 bridgehead atoms. The predicted molar refractivity (Wildman–Crippen MR) is 109 cm³/mol. The van der Waals surface area contributed by atoms with Crippen LogP contribution in [0.15, 0.2) is 83.5 Å². The second kappa shape index (κ2) is 6.52. The molecule has 1 radical (unpaired) electrons. The number of rotatable bonds is 1. The molecule has 3 nitrogen and oxygen atoms in total. The van der Waals surface area contributed by atoms with Crippen LogP contribution in [-0.4, -0.2) is 9.97 Å². The van der Waals surface area contributed by atoms with E-state index in [0.717, 1.165) is 49.2 Å². The summed E-state index contributed by atoms with van der Waals surface area (Å²) >= 11 is 0. The van der Waals surface area contributed by atoms with Crippen molar-refractivity contribution in [1.82, 2.24) is 9.97 Å². The third kappa shape index (κ3) is 2.39. The molecule has 3 heterocycles. The van der Waals surface area contributed by atoms with Crippen LogP contribution in [0.1, 0.15) is 0 Å². The molecular formula is C24H13IrN2O-. The summed E-state index contributed by atoms with van der Waals surface area (Å²) in [6.07, 6.45) is 3.64. The summed E-state index contributed by atoms with van der Waals surface area (Å²) in [4.78, 5) is 9.03. The Labute approximate surface area is 174 Å². The molecule has 0 saturated carbocycles. The van der Waals surface area contributed by atoms with Gasteiger partial charge in [-0.05, 0) is 34.7 Å². The minimum Gasteiger partial charge on any atom is -0.438 e. The van der Waals surface area contributed by atoms with Gasteiger partial charge in [0.05, 0.1) is 5.39 Å². The van der Waals surface area contributed by atoms with Gasteiger partial charge in [0.1, 0.15) is 5.58 Å². The Bertz CT molecular complexity index is 1490. The van der Waals surface area contributed by atoms with Crippen LogP contribution >= 0.6 is 0 Å². The first-order valence-corrected chi connectivity index (χ1v) is 8.85. The minimum atomic E-state index is 0. The summed E-state index contributed by atoms with van der Waals surface area (Å²) in [6, 6.07) is 25.9. The molecule has 135 valence electrons. The van der Waals surface area contributed by atoms with Crippen LogP contribution in [-0.2, 0) is 20.1 Å². The number of hydrogen-bond donors (Lipinski definition) is 0. The third-order valence-electron chi connectivity index (χ3n) is 5.11. The molecule has 6 aromatic rings. The normalized spacial score (nSPS) is 11.3. The smallest absolute Gasteiger partial charge is 0.227 e. The molecule has 3 aromatic carbocycles. The fourth-order valence-electron chi connectivity index (χ4n) is 3.92. The number of aromatic nitrogens is 2. The molecular weight excluding hydrogens is 524 g/mol. The summed E-state index contributed by atoms with van der Waals surface area (Å²) in [5.74, 6) is 0. The Hall–Kier alpha value is -3.07. The molecule has 4 heteroatoms. The average molecular weight is 538 g/mol. The van der Waals surface area contributed by atoms with E-state index in [1.54, 1.807) is 0 Å². The Morgan fingerprint density at radius 1 is 0.750 bits per heavy atom. The van der Waals surface area contributed by atoms with Gasteiger partial charge >= 0.3 is 0 Å². The summed E-state index contributed by atoms with van der Waals surface area (Å²) in [5.41, 5.74) is 4.73. The molecule has 3 aromatic heterocycles. The Balaban J connectivity index is 0.00000171. The molecule has 0 saturated heterocycles. The summed E-state index contributed by atoms with van der Waals surface area (Å²) < 4.78 is 5.97. The SMILES string of the molecule is [Ir].[c-]1ccc(-c2ccnc3oc4ccccc4c23)c2ccc3cccnc3c12. The fourth-order valence-corrected chi connectivity index (χ4v) is 3.92. The van der Waals surface area contributed by atoms with E-state index in [0.29, 0.717) is 5.71 Å². The summed E-state index contributed by atoms with van der Waals surface area (Å²) in [5, 5.41) is 5.40. The largest absolute Gasteiger partial charge is 0.438 e. The van der Waals surface area contributed by atoms with Gasteiger partial charge in [0.15, 0.2) is 0 Å². The van der Waals surface area contributed by atoms with E-state index >= 15 is 0 Å². The second-order valence-corrected chi connectivity index (χ2v) is 6.59. The van der Waals surface area contributed by atoms with E-state index in [9.17, 15) is 0 Å². The first-order valence-electron chi connectivity index (χ1n) is 8.85. The van der Waals surface area contributed by atoms with Crippen LogP contribution in [0.4, 0.5) is 0 Å². The number of nitrogens with zero attached hydrogens (tertiary/aromatic N) is 2. The standard InChI is InChI=1S/C24H13N2O.Ir/c1-2-9-21-20(6-1)22-18(12-14-26-24(22)27-21)16-7-3-8-19-17(16)11-10-15-5-4-13-25-23(15)19;/h1-7,9-14H;/q-1;. The zero-order valence-electron chi connectivity index (χ0n) is 14.6. The van der Waals surface area contributed by atoms with E-state index in [4.69, 9.17) is 4.42 Å². The van der Waals surface area contributed by atoms with Crippen molar-refractivity contribution in [3.8, 4) is 11.1 Å². The number of fused-ring (bicyclic) bond motifs is 6. The molecule has 0 aliphatic carbocycles. The maximum absolute atomic E-state index is 5.97. The molecule has 0 unspecified atom stereocenters. The van der Waals surface area contributed by atoms with Gasteiger partial charge < -0.3 is 9.40 Å². The van der Waals surface area contributed by atoms with Crippen LogP contribution in [0.5, 0.6) is 0 Å². The topological polar surface area (TPSA) is 38.9 Å². The van der Waals surface area contributed by atoms with Gasteiger partial charge in [-0.1, -0.05) is 47.3 Å². The van der Waals surface area contributed by atoms with Gasteiger partial charge in [0.2, 0.25) is 5.71 Å². The number of pyridine rings is 2. The van der Waals surface area contributed by atoms with Crippen LogP contribution in [0.2, 0.25) is 0 Å². The van der Waals surface area contributed by atoms with Gasteiger partial charge in [-0.2, -0.15) is 0 Å². The van der Waals surface area contributed by atoms with Crippen LogP contribution in [0, 0.1) is 6.07 Å². The Kier molecular flexibility index (Phi) is 3.97. The first-order chi connectivity index (χ1) is 13.4. The molecule has 0 amide bonds. The van der Waals surface area contributed by atoms with Crippen molar-refractivity contribution in [3.05, 3.63) is 85.2 Å². The number of benzene rings is 3. The van der Waals surface area contributed by atoms with Gasteiger partial charge in [0.25, 0.3) is 0 Å². The van der Waals surface area contributed by atoms with Crippen LogP contribution < -0.4 is 0 Å². The quantitative estimate of drug-likeness (QED) is 0.187. The van der Waals surface area contributed by atoms with Crippen molar-refractivity contribution < 1.29 is 24.5 Å². The molecule has 0 spiro atoms. The molecule has 0 aliphatic rings. The van der Waals surface area contributed by atoms with E-state index in [1.807, 2.05) is 42.7 Å². The van der Waals surface area contributed by atoms with Crippen LogP contribution in [0.25, 0.3) is 54.9 Å². The third-order valence-corrected chi connectivity index (χ3v) is 5.11. The monoisotopic (exact) mass is 538 g/mol. The van der Waals surface area contributed by atoms with E-state index in [1.165, 1.54) is 0 Å². The summed E-state index contributed by atoms with van der Waals surface area (Å²) in [6.45, 7) is 0. The first kappa shape index (κ1) is 17.1. The van der Waals surface area contributed by atoms with E-state index < -0.39 is 0 Å². The van der Waals surface area contributed by atoms with E-state index in [-0.39, 0.29) is 20.1 Å². The van der Waals surface area contributed by atoms with E-state index in [2.05, 4.69) is 52.4 Å². The fraction of sp³-hybridized carbons (Fsp3) is 0. The van der Waals surface area contributed by atoms with Gasteiger partial charge in [-0.25, -0.2) is 4.98 Å². The Morgan fingerprint density at radius 2 is 1.68 bits per heavy atom. The predicted octanol–water partition coefficient (Wildman–Crippen LogP) is 6.15. The van der Waals surface area contributed by atoms with Gasteiger partial charge in [-0.15, -0.1) is 23.6 Å². The van der Waals surface area contributed by atoms with Crippen LogP contribution in [0.3, 0.4) is 0 Å². The van der Waals surface area contributed by atoms with Crippen molar-refractivity contribution in [2.75, 3.05) is 0 Å². The zero-order chi connectivity index (χ0) is 17.8. The van der Waals surface area contributed by atoms with Gasteiger partial charge in [0, 0.05) is 37.9 Å². The molecule has 28 heavy (non-hydrogen) atoms. The molecule has 0 aliphatic heterocycles. The number of para-hydroxylation sites is 1. The van der Waals surface area contributed by atoms with Crippen molar-refractivity contribution in [1.29, 1.82) is 0 Å². The Morgan fingerprint density at radius 3 is 2.64 bits per heavy atom. The van der Waals surface area contributed by atoms with Crippen molar-refractivity contribution >= 4 is 43.7 Å². The second-order valence-electron chi connectivity index (χ2n) is 6.59. The molecule has 0 N–H and O–H groups in total.